The number of hydrogen-bond donors (Lipinski definition) is 1. The van der Waals surface area contributed by atoms with Crippen molar-refractivity contribution >= 4 is 5.97 Å². The molecule has 1 N–H and O–H groups in total. The van der Waals surface area contributed by atoms with Crippen molar-refractivity contribution in [3.05, 3.63) is 29.1 Å². The van der Waals surface area contributed by atoms with E-state index in [1.165, 1.54) is 12.3 Å². The highest BCUT2D eigenvalue weighted by Gasteiger charge is 2.10. The van der Waals surface area contributed by atoms with Crippen LogP contribution in [0.15, 0.2) is 12.3 Å². The fourth-order valence-electron chi connectivity index (χ4n) is 0.936. The van der Waals surface area contributed by atoms with E-state index in [-0.39, 0.29) is 5.69 Å². The summed E-state index contributed by atoms with van der Waals surface area (Å²) >= 11 is 0. The summed E-state index contributed by atoms with van der Waals surface area (Å²) in [4.78, 5) is 14.1. The van der Waals surface area contributed by atoms with Crippen LogP contribution < -0.4 is 0 Å². The lowest BCUT2D eigenvalue weighted by atomic mass is 10.1. The minimum absolute atomic E-state index is 0.0786. The summed E-state index contributed by atoms with van der Waals surface area (Å²) in [5.41, 5.74) is 0.694. The van der Waals surface area contributed by atoms with Crippen LogP contribution in [-0.4, -0.2) is 16.1 Å². The van der Waals surface area contributed by atoms with Gasteiger partial charge in [-0.1, -0.05) is 0 Å². The number of carboxylic acids is 1. The van der Waals surface area contributed by atoms with Gasteiger partial charge >= 0.3 is 5.97 Å². The summed E-state index contributed by atoms with van der Waals surface area (Å²) in [7, 11) is 0. The Hall–Kier alpha value is -1.45. The zero-order valence-corrected chi connectivity index (χ0v) is 6.54. The highest BCUT2D eigenvalue weighted by Crippen LogP contribution is 2.11. The van der Waals surface area contributed by atoms with E-state index in [2.05, 4.69) is 4.98 Å². The highest BCUT2D eigenvalue weighted by molar-refractivity contribution is 5.87. The molecule has 0 unspecified atom stereocenters. The second kappa shape index (κ2) is 3.30. The third-order valence-corrected chi connectivity index (χ3v) is 1.66. The number of aromatic nitrogens is 1. The molecule has 0 aliphatic carbocycles. The van der Waals surface area contributed by atoms with E-state index >= 15 is 0 Å². The lowest BCUT2D eigenvalue weighted by Crippen LogP contribution is -2.04. The van der Waals surface area contributed by atoms with Gasteiger partial charge in [0.15, 0.2) is 5.69 Å². The summed E-state index contributed by atoms with van der Waals surface area (Å²) in [6, 6.07) is 1.47. The first-order valence-electron chi connectivity index (χ1n) is 3.40. The SMILES string of the molecule is Cc1c(CF)ccnc1C(=O)O. The third kappa shape index (κ3) is 1.42. The summed E-state index contributed by atoms with van der Waals surface area (Å²) in [6.45, 7) is 0.889. The highest BCUT2D eigenvalue weighted by atomic mass is 19.1. The van der Waals surface area contributed by atoms with E-state index in [1.807, 2.05) is 0 Å². The zero-order chi connectivity index (χ0) is 9.14. The van der Waals surface area contributed by atoms with Crippen molar-refractivity contribution in [1.29, 1.82) is 0 Å². The molecule has 0 aliphatic heterocycles. The van der Waals surface area contributed by atoms with Gasteiger partial charge in [0.2, 0.25) is 0 Å². The molecule has 0 bridgehead atoms. The molecule has 4 heteroatoms. The number of pyridine rings is 1. The normalized spacial score (nSPS) is 9.83. The number of aromatic carboxylic acids is 1. The maximum atomic E-state index is 12.2. The summed E-state index contributed by atoms with van der Waals surface area (Å²) in [6.07, 6.45) is 1.30. The van der Waals surface area contributed by atoms with Gasteiger partial charge in [-0.25, -0.2) is 14.2 Å². The van der Waals surface area contributed by atoms with E-state index < -0.39 is 12.6 Å². The number of carbonyl (C=O) groups is 1. The molecule has 1 aromatic rings. The molecule has 3 nitrogen and oxygen atoms in total. The molecule has 0 aliphatic rings. The molecule has 0 amide bonds. The fraction of sp³-hybridized carbons (Fsp3) is 0.250. The van der Waals surface area contributed by atoms with Gasteiger partial charge in [0.1, 0.15) is 6.67 Å². The molecule has 0 radical (unpaired) electrons. The quantitative estimate of drug-likeness (QED) is 0.730. The fourth-order valence-corrected chi connectivity index (χ4v) is 0.936. The van der Waals surface area contributed by atoms with Crippen molar-refractivity contribution in [2.45, 2.75) is 13.6 Å². The Balaban J connectivity index is 3.23. The maximum absolute atomic E-state index is 12.2. The number of nitrogens with zero attached hydrogens (tertiary/aromatic N) is 1. The smallest absolute Gasteiger partial charge is 0.354 e. The first-order valence-corrected chi connectivity index (χ1v) is 3.40. The minimum atomic E-state index is -1.12. The molecule has 0 spiro atoms. The number of halogens is 1. The van der Waals surface area contributed by atoms with Crippen LogP contribution in [0.2, 0.25) is 0 Å². The number of rotatable bonds is 2. The van der Waals surface area contributed by atoms with Crippen LogP contribution in [0.3, 0.4) is 0 Å². The Bertz CT molecular complexity index is 312. The van der Waals surface area contributed by atoms with Crippen LogP contribution in [0.25, 0.3) is 0 Å². The second-order valence-electron chi connectivity index (χ2n) is 2.38. The number of hydrogen-bond acceptors (Lipinski definition) is 2. The third-order valence-electron chi connectivity index (χ3n) is 1.66. The molecule has 0 aromatic carbocycles. The van der Waals surface area contributed by atoms with Gasteiger partial charge in [-0.05, 0) is 24.1 Å². The predicted octanol–water partition coefficient (Wildman–Crippen LogP) is 1.56. The van der Waals surface area contributed by atoms with Crippen molar-refractivity contribution in [2.24, 2.45) is 0 Å². The van der Waals surface area contributed by atoms with Gasteiger partial charge in [0, 0.05) is 6.20 Å². The van der Waals surface area contributed by atoms with E-state index in [1.54, 1.807) is 6.92 Å². The van der Waals surface area contributed by atoms with Gasteiger partial charge in [0.05, 0.1) is 0 Å². The molecular weight excluding hydrogens is 161 g/mol. The molecule has 1 rings (SSSR count). The van der Waals surface area contributed by atoms with Gasteiger partial charge in [0.25, 0.3) is 0 Å². The Kier molecular flexibility index (Phi) is 2.38. The molecule has 1 aromatic heterocycles. The van der Waals surface area contributed by atoms with Crippen LogP contribution in [0.5, 0.6) is 0 Å². The Morgan fingerprint density at radius 3 is 2.92 bits per heavy atom. The first-order chi connectivity index (χ1) is 5.66. The second-order valence-corrected chi connectivity index (χ2v) is 2.38. The molecular formula is C8H8FNO2. The van der Waals surface area contributed by atoms with Crippen molar-refractivity contribution in [3.63, 3.8) is 0 Å². The van der Waals surface area contributed by atoms with E-state index in [9.17, 15) is 9.18 Å². The summed E-state index contributed by atoms with van der Waals surface area (Å²) in [5.74, 6) is -1.12. The molecule has 0 saturated carbocycles. The zero-order valence-electron chi connectivity index (χ0n) is 6.54. The average molecular weight is 169 g/mol. The lowest BCUT2D eigenvalue weighted by Gasteiger charge is -2.02. The van der Waals surface area contributed by atoms with Gasteiger partial charge in [-0.2, -0.15) is 0 Å². The Morgan fingerprint density at radius 1 is 1.75 bits per heavy atom. The van der Waals surface area contributed by atoms with E-state index in [0.717, 1.165) is 0 Å². The summed E-state index contributed by atoms with van der Waals surface area (Å²) < 4.78 is 12.2. The Morgan fingerprint density at radius 2 is 2.42 bits per heavy atom. The molecule has 64 valence electrons. The van der Waals surface area contributed by atoms with Crippen LogP contribution in [0.4, 0.5) is 4.39 Å². The molecule has 12 heavy (non-hydrogen) atoms. The van der Waals surface area contributed by atoms with Crippen molar-refractivity contribution < 1.29 is 14.3 Å². The van der Waals surface area contributed by atoms with Crippen LogP contribution in [0, 0.1) is 6.92 Å². The monoisotopic (exact) mass is 169 g/mol. The van der Waals surface area contributed by atoms with Crippen LogP contribution >= 0.6 is 0 Å². The lowest BCUT2D eigenvalue weighted by molar-refractivity contribution is 0.0689. The van der Waals surface area contributed by atoms with Crippen molar-refractivity contribution in [2.75, 3.05) is 0 Å². The first kappa shape index (κ1) is 8.64. The van der Waals surface area contributed by atoms with Crippen LogP contribution in [0.1, 0.15) is 21.6 Å². The minimum Gasteiger partial charge on any atom is -0.477 e. The van der Waals surface area contributed by atoms with Gasteiger partial charge in [-0.15, -0.1) is 0 Å². The molecule has 0 saturated heterocycles. The number of alkyl halides is 1. The molecule has 0 fully saturated rings. The van der Waals surface area contributed by atoms with Gasteiger partial charge in [-0.3, -0.25) is 0 Å². The van der Waals surface area contributed by atoms with Crippen molar-refractivity contribution in [3.8, 4) is 0 Å². The maximum Gasteiger partial charge on any atom is 0.354 e. The largest absolute Gasteiger partial charge is 0.477 e. The Labute approximate surface area is 68.9 Å². The molecule has 1 heterocycles. The summed E-state index contributed by atoms with van der Waals surface area (Å²) in [5, 5.41) is 8.60. The topological polar surface area (TPSA) is 50.2 Å². The van der Waals surface area contributed by atoms with Crippen LogP contribution in [-0.2, 0) is 6.67 Å². The van der Waals surface area contributed by atoms with Crippen molar-refractivity contribution in [1.82, 2.24) is 4.98 Å². The standard InChI is InChI=1S/C8H8FNO2/c1-5-6(4-9)2-3-10-7(5)8(11)12/h2-3H,4H2,1H3,(H,11,12). The van der Waals surface area contributed by atoms with E-state index in [0.29, 0.717) is 11.1 Å². The molecule has 0 atom stereocenters. The average Bonchev–Trinajstić information content (AvgIpc) is 2.04. The number of carboxylic acid groups (broad SMARTS) is 1. The predicted molar refractivity (Wildman–Crippen MR) is 40.7 cm³/mol. The van der Waals surface area contributed by atoms with Gasteiger partial charge < -0.3 is 5.11 Å². The van der Waals surface area contributed by atoms with E-state index in [4.69, 9.17) is 5.11 Å².